The Labute approximate surface area is 270 Å². The summed E-state index contributed by atoms with van der Waals surface area (Å²) in [4.78, 5) is 2.79. The molecule has 228 valence electrons. The highest BCUT2D eigenvalue weighted by Crippen LogP contribution is 2.53. The van der Waals surface area contributed by atoms with Crippen LogP contribution in [0.1, 0.15) is 69.1 Å². The summed E-state index contributed by atoms with van der Waals surface area (Å²) in [6.45, 7) is 8.31. The molecule has 0 saturated carbocycles. The zero-order chi connectivity index (χ0) is 30.7. The molecule has 2 aliphatic carbocycles. The highest BCUT2D eigenvalue weighted by molar-refractivity contribution is 6.15. The van der Waals surface area contributed by atoms with Gasteiger partial charge in [0, 0.05) is 57.5 Å². The molecule has 0 spiro atoms. The maximum absolute atomic E-state index is 6.45. The van der Waals surface area contributed by atoms with Crippen LogP contribution in [0.4, 0.5) is 0 Å². The lowest BCUT2D eigenvalue weighted by atomic mass is 9.65. The van der Waals surface area contributed by atoms with Gasteiger partial charge in [-0.2, -0.15) is 0 Å². The molecule has 4 heteroatoms. The van der Waals surface area contributed by atoms with Gasteiger partial charge in [-0.25, -0.2) is 4.58 Å². The number of aromatic nitrogens is 1. The van der Waals surface area contributed by atoms with Crippen molar-refractivity contribution in [3.8, 4) is 0 Å². The van der Waals surface area contributed by atoms with Crippen LogP contribution in [0.2, 0.25) is 0 Å². The van der Waals surface area contributed by atoms with Crippen molar-refractivity contribution in [2.24, 2.45) is 11.8 Å². The highest BCUT2D eigenvalue weighted by atomic mass is 16.3. The molecule has 0 saturated heterocycles. The third-order valence-electron chi connectivity index (χ3n) is 12.2. The smallest absolute Gasteiger partial charge is 0.238 e. The Balaban J connectivity index is 1.38. The van der Waals surface area contributed by atoms with Crippen molar-refractivity contribution in [3.63, 3.8) is 0 Å². The van der Waals surface area contributed by atoms with E-state index in [1.165, 1.54) is 61.4 Å². The molecule has 10 rings (SSSR count). The largest absolute Gasteiger partial charge is 0.464 e. The van der Waals surface area contributed by atoms with Gasteiger partial charge in [0.1, 0.15) is 5.58 Å². The summed E-state index contributed by atoms with van der Waals surface area (Å²) in [6.07, 6.45) is 27.9. The maximum Gasteiger partial charge on any atom is 0.238 e. The Morgan fingerprint density at radius 2 is 1.91 bits per heavy atom. The monoisotopic (exact) mass is 602 g/mol. The normalized spacial score (nSPS) is 29.5. The number of nitrogens with zero attached hydrogens (tertiary/aromatic N) is 3. The van der Waals surface area contributed by atoms with E-state index >= 15 is 0 Å². The van der Waals surface area contributed by atoms with E-state index in [-0.39, 0.29) is 11.6 Å². The third kappa shape index (κ3) is 3.42. The summed E-state index contributed by atoms with van der Waals surface area (Å²) < 4.78 is 11.8. The second-order valence-corrected chi connectivity index (χ2v) is 14.6. The van der Waals surface area contributed by atoms with Crippen molar-refractivity contribution < 1.29 is 8.99 Å². The Morgan fingerprint density at radius 3 is 2.80 bits per heavy atom. The minimum absolute atomic E-state index is 0.152. The molecule has 0 N–H and O–H groups in total. The molecule has 4 nitrogen and oxygen atoms in total. The quantitative estimate of drug-likeness (QED) is 0.203. The highest BCUT2D eigenvalue weighted by Gasteiger charge is 2.53. The summed E-state index contributed by atoms with van der Waals surface area (Å²) in [5.41, 5.74) is 13.2. The summed E-state index contributed by atoms with van der Waals surface area (Å²) >= 11 is 0. The Morgan fingerprint density at radius 1 is 1.00 bits per heavy atom. The minimum atomic E-state index is -0.202. The van der Waals surface area contributed by atoms with Crippen LogP contribution in [0.3, 0.4) is 0 Å². The molecule has 6 aliphatic rings. The molecule has 5 unspecified atom stereocenters. The van der Waals surface area contributed by atoms with E-state index in [0.717, 1.165) is 37.8 Å². The fourth-order valence-corrected chi connectivity index (χ4v) is 10.0. The van der Waals surface area contributed by atoms with Crippen molar-refractivity contribution in [3.05, 3.63) is 137 Å². The van der Waals surface area contributed by atoms with E-state index in [0.29, 0.717) is 17.8 Å². The SMILES string of the molecule is CC1=C2C=CC=C3C1CCC(c1cccc4ccn2c14)C1(C)C[N+]2=C(C=CC(C)C2N3C2=CC=CCC2)c2cccc3occ1c23. The van der Waals surface area contributed by atoms with Gasteiger partial charge in [0.05, 0.1) is 28.7 Å². The molecule has 4 aromatic heterocycles. The van der Waals surface area contributed by atoms with Crippen molar-refractivity contribution in [1.29, 1.82) is 0 Å². The van der Waals surface area contributed by atoms with Crippen molar-refractivity contribution >= 4 is 33.3 Å². The zero-order valence-electron chi connectivity index (χ0n) is 26.9. The number of benzene rings is 2. The molecule has 16 bridgehead atoms. The van der Waals surface area contributed by atoms with Gasteiger partial charge in [0.2, 0.25) is 11.9 Å². The van der Waals surface area contributed by atoms with Crippen molar-refractivity contribution in [2.75, 3.05) is 6.54 Å². The van der Waals surface area contributed by atoms with Gasteiger partial charge in [-0.3, -0.25) is 4.90 Å². The number of allylic oxidation sites excluding steroid dienone is 10. The van der Waals surface area contributed by atoms with Crippen LogP contribution < -0.4 is 0 Å². The van der Waals surface area contributed by atoms with Crippen LogP contribution in [0.15, 0.2) is 125 Å². The summed E-state index contributed by atoms with van der Waals surface area (Å²) in [5, 5.41) is 2.61. The predicted molar refractivity (Wildman–Crippen MR) is 187 cm³/mol. The molecule has 0 radical (unpaired) electrons. The van der Waals surface area contributed by atoms with E-state index in [1.54, 1.807) is 0 Å². The molecule has 0 amide bonds. The van der Waals surface area contributed by atoms with Gasteiger partial charge >= 0.3 is 0 Å². The van der Waals surface area contributed by atoms with Gasteiger partial charge < -0.3 is 8.98 Å². The third-order valence-corrected chi connectivity index (χ3v) is 12.2. The van der Waals surface area contributed by atoms with E-state index in [2.05, 4.69) is 138 Å². The molecule has 5 atom stereocenters. The first kappa shape index (κ1) is 26.6. The number of hydrogen-bond donors (Lipinski definition) is 0. The van der Waals surface area contributed by atoms with E-state index < -0.39 is 0 Å². The second kappa shape index (κ2) is 9.48. The Bertz CT molecular complexity index is 2210. The molecular formula is C42H40N3O+. The summed E-state index contributed by atoms with van der Waals surface area (Å²) in [5.74, 6) is 0.917. The maximum atomic E-state index is 6.45. The number of fused-ring (bicyclic) bond motifs is 17. The van der Waals surface area contributed by atoms with Gasteiger partial charge in [0.25, 0.3) is 0 Å². The Hall–Kier alpha value is -4.57. The van der Waals surface area contributed by atoms with Crippen LogP contribution in [0.5, 0.6) is 0 Å². The van der Waals surface area contributed by atoms with E-state index in [4.69, 9.17) is 4.42 Å². The van der Waals surface area contributed by atoms with Crippen molar-refractivity contribution in [1.82, 2.24) is 9.47 Å². The summed E-state index contributed by atoms with van der Waals surface area (Å²) in [6, 6.07) is 16.0. The molecule has 8 heterocycles. The van der Waals surface area contributed by atoms with Crippen LogP contribution in [0, 0.1) is 11.8 Å². The van der Waals surface area contributed by atoms with Crippen LogP contribution >= 0.6 is 0 Å². The topological polar surface area (TPSA) is 24.3 Å². The van der Waals surface area contributed by atoms with Crippen LogP contribution in [0.25, 0.3) is 27.6 Å². The number of rotatable bonds is 1. The lowest BCUT2D eigenvalue weighted by Gasteiger charge is -2.45. The molecule has 4 aromatic rings. The number of para-hydroxylation sites is 1. The fraction of sp³-hybridized carbons (Fsp3) is 0.310. The standard InChI is InChI=1S/C42H40N3O/c1-26-18-21-36-32-14-8-17-38-39(32)34(24-46-38)42(3)25-44(36)41(26)45(29-11-5-4-6-12-29)37-16-9-15-35-27(2)30(37)19-20-33(42)31-13-7-10-28-22-23-43(35)40(28)31/h4-5,7-11,13-18,21-24,26,30,33,41H,6,12,19-20,25H2,1-3H3/q+1. The Kier molecular flexibility index (Phi) is 5.49. The first-order chi connectivity index (χ1) is 22.5. The van der Waals surface area contributed by atoms with Gasteiger partial charge in [0.15, 0.2) is 6.54 Å². The number of furan rings is 1. The summed E-state index contributed by atoms with van der Waals surface area (Å²) in [7, 11) is 0. The predicted octanol–water partition coefficient (Wildman–Crippen LogP) is 9.42. The molecule has 4 aliphatic heterocycles. The van der Waals surface area contributed by atoms with E-state index in [1.807, 2.05) is 0 Å². The lowest BCUT2D eigenvalue weighted by molar-refractivity contribution is -0.601. The second-order valence-electron chi connectivity index (χ2n) is 14.6. The molecule has 0 aromatic carbocycles. The van der Waals surface area contributed by atoms with Crippen LogP contribution in [-0.2, 0) is 5.41 Å². The molecule has 46 heavy (non-hydrogen) atoms. The van der Waals surface area contributed by atoms with Crippen LogP contribution in [-0.4, -0.2) is 32.5 Å². The zero-order valence-corrected chi connectivity index (χ0v) is 26.9. The first-order valence-electron chi connectivity index (χ1n) is 17.2. The number of hydrogen-bond acceptors (Lipinski definition) is 2. The average molecular weight is 603 g/mol. The fourth-order valence-electron chi connectivity index (χ4n) is 10.0. The molecule has 0 fully saturated rings. The van der Waals surface area contributed by atoms with Crippen molar-refractivity contribution in [2.45, 2.75) is 64.0 Å². The van der Waals surface area contributed by atoms with Gasteiger partial charge in [-0.05, 0) is 87.1 Å². The average Bonchev–Trinajstić information content (AvgIpc) is 3.65. The lowest BCUT2D eigenvalue weighted by Crippen LogP contribution is -2.54. The first-order valence-corrected chi connectivity index (χ1v) is 17.2. The minimum Gasteiger partial charge on any atom is -0.464 e. The molecular weight excluding hydrogens is 562 g/mol. The van der Waals surface area contributed by atoms with E-state index in [9.17, 15) is 0 Å². The van der Waals surface area contributed by atoms with Gasteiger partial charge in [-0.15, -0.1) is 0 Å². The van der Waals surface area contributed by atoms with Gasteiger partial charge in [-0.1, -0.05) is 55.5 Å².